The molecule has 1 aliphatic carbocycles. The highest BCUT2D eigenvalue weighted by molar-refractivity contribution is 7.22. The minimum absolute atomic E-state index is 0.0422. The molecule has 0 radical (unpaired) electrons. The van der Waals surface area contributed by atoms with Crippen LogP contribution >= 0.6 is 11.3 Å². The van der Waals surface area contributed by atoms with Gasteiger partial charge in [-0.3, -0.25) is 9.69 Å². The number of piperidine rings is 1. The Morgan fingerprint density at radius 2 is 2.19 bits per heavy atom. The Kier molecular flexibility index (Phi) is 3.92. The lowest BCUT2D eigenvalue weighted by atomic mass is 9.91. The summed E-state index contributed by atoms with van der Waals surface area (Å²) in [7, 11) is 0. The molecule has 1 unspecified atom stereocenters. The van der Waals surface area contributed by atoms with E-state index in [0.717, 1.165) is 42.4 Å². The average Bonchev–Trinajstić information content (AvgIpc) is 3.02. The fraction of sp³-hybridized carbons (Fsp3) is 0.400. The quantitative estimate of drug-likeness (QED) is 0.731. The Bertz CT molecular complexity index is 1040. The van der Waals surface area contributed by atoms with E-state index in [1.54, 1.807) is 11.3 Å². The van der Waals surface area contributed by atoms with Gasteiger partial charge in [-0.1, -0.05) is 24.3 Å². The van der Waals surface area contributed by atoms with E-state index in [2.05, 4.69) is 34.1 Å². The van der Waals surface area contributed by atoms with E-state index in [4.69, 9.17) is 4.98 Å². The van der Waals surface area contributed by atoms with Crippen LogP contribution in [0, 0.1) is 0 Å². The molecular weight excluding hydrogens is 346 g/mol. The zero-order valence-corrected chi connectivity index (χ0v) is 15.3. The summed E-state index contributed by atoms with van der Waals surface area (Å²) >= 11 is 1.56. The normalized spacial score (nSPS) is 20.1. The Morgan fingerprint density at radius 1 is 1.31 bits per heavy atom. The number of hydrogen-bond acceptors (Lipinski definition) is 5. The molecule has 0 spiro atoms. The van der Waals surface area contributed by atoms with Gasteiger partial charge >= 0.3 is 0 Å². The molecule has 3 heterocycles. The van der Waals surface area contributed by atoms with Crippen LogP contribution in [0.5, 0.6) is 0 Å². The summed E-state index contributed by atoms with van der Waals surface area (Å²) in [5.74, 6) is 0.705. The molecule has 5 rings (SSSR count). The van der Waals surface area contributed by atoms with Crippen molar-refractivity contribution in [1.29, 1.82) is 0 Å². The van der Waals surface area contributed by atoms with Crippen molar-refractivity contribution in [3.05, 3.63) is 51.6 Å². The van der Waals surface area contributed by atoms with E-state index in [1.165, 1.54) is 21.6 Å². The first kappa shape index (κ1) is 16.2. The second-order valence-electron chi connectivity index (χ2n) is 7.29. The third kappa shape index (κ3) is 2.69. The third-order valence-electron chi connectivity index (χ3n) is 5.45. The summed E-state index contributed by atoms with van der Waals surface area (Å²) in [6.07, 6.45) is 3.50. The SMILES string of the molecule is O=c1[nH]c(CN2CCCC(O)C2)nc2c3c(sc12)-c1ccccc1CC3. The summed E-state index contributed by atoms with van der Waals surface area (Å²) in [6, 6.07) is 8.46. The van der Waals surface area contributed by atoms with Crippen LogP contribution in [-0.4, -0.2) is 39.2 Å². The molecule has 134 valence electrons. The summed E-state index contributed by atoms with van der Waals surface area (Å²) in [4.78, 5) is 23.9. The molecule has 1 aromatic carbocycles. The Balaban J connectivity index is 1.57. The van der Waals surface area contributed by atoms with Crippen LogP contribution in [0.1, 0.15) is 29.8 Å². The summed E-state index contributed by atoms with van der Waals surface area (Å²) in [6.45, 7) is 2.17. The van der Waals surface area contributed by atoms with Gasteiger partial charge in [0, 0.05) is 11.4 Å². The van der Waals surface area contributed by atoms with Gasteiger partial charge in [-0.25, -0.2) is 4.98 Å². The molecule has 1 saturated heterocycles. The zero-order chi connectivity index (χ0) is 17.7. The number of nitrogens with zero attached hydrogens (tertiary/aromatic N) is 2. The Hall–Kier alpha value is -2.02. The molecule has 1 fully saturated rings. The molecule has 1 atom stereocenters. The zero-order valence-electron chi connectivity index (χ0n) is 14.5. The number of aromatic nitrogens is 2. The largest absolute Gasteiger partial charge is 0.392 e. The maximum absolute atomic E-state index is 12.7. The molecule has 2 aromatic heterocycles. The van der Waals surface area contributed by atoms with Crippen LogP contribution < -0.4 is 5.56 Å². The van der Waals surface area contributed by atoms with Gasteiger partial charge in [0.05, 0.1) is 18.2 Å². The van der Waals surface area contributed by atoms with Gasteiger partial charge in [0.2, 0.25) is 0 Å². The molecule has 0 amide bonds. The van der Waals surface area contributed by atoms with E-state index in [1.807, 2.05) is 0 Å². The molecule has 6 heteroatoms. The first-order valence-corrected chi connectivity index (χ1v) is 10.0. The van der Waals surface area contributed by atoms with Crippen molar-refractivity contribution in [2.75, 3.05) is 13.1 Å². The highest BCUT2D eigenvalue weighted by Crippen LogP contribution is 2.42. The van der Waals surface area contributed by atoms with Crippen LogP contribution in [-0.2, 0) is 19.4 Å². The number of fused-ring (bicyclic) bond motifs is 5. The summed E-state index contributed by atoms with van der Waals surface area (Å²) in [5.41, 5.74) is 4.65. The minimum Gasteiger partial charge on any atom is -0.392 e. The van der Waals surface area contributed by atoms with E-state index < -0.39 is 0 Å². The van der Waals surface area contributed by atoms with Gasteiger partial charge in [-0.15, -0.1) is 11.3 Å². The van der Waals surface area contributed by atoms with Crippen molar-refractivity contribution in [3.63, 3.8) is 0 Å². The minimum atomic E-state index is -0.274. The van der Waals surface area contributed by atoms with Crippen LogP contribution in [0.4, 0.5) is 0 Å². The second-order valence-corrected chi connectivity index (χ2v) is 8.31. The molecule has 0 bridgehead atoms. The van der Waals surface area contributed by atoms with Gasteiger partial charge < -0.3 is 10.1 Å². The molecule has 2 N–H and O–H groups in total. The predicted molar refractivity (Wildman–Crippen MR) is 104 cm³/mol. The lowest BCUT2D eigenvalue weighted by Crippen LogP contribution is -2.38. The van der Waals surface area contributed by atoms with E-state index in [9.17, 15) is 9.90 Å². The van der Waals surface area contributed by atoms with Gasteiger partial charge in [0.25, 0.3) is 5.56 Å². The highest BCUT2D eigenvalue weighted by Gasteiger charge is 2.24. The van der Waals surface area contributed by atoms with Crippen molar-refractivity contribution in [1.82, 2.24) is 14.9 Å². The Morgan fingerprint density at radius 3 is 3.08 bits per heavy atom. The topological polar surface area (TPSA) is 69.2 Å². The molecular formula is C20H21N3O2S. The molecule has 26 heavy (non-hydrogen) atoms. The smallest absolute Gasteiger partial charge is 0.268 e. The average molecular weight is 367 g/mol. The number of rotatable bonds is 2. The van der Waals surface area contributed by atoms with Crippen LogP contribution in [0.15, 0.2) is 29.1 Å². The fourth-order valence-corrected chi connectivity index (χ4v) is 5.45. The van der Waals surface area contributed by atoms with Crippen molar-refractivity contribution in [2.45, 2.75) is 38.3 Å². The fourth-order valence-electron chi connectivity index (χ4n) is 4.21. The first-order valence-electron chi connectivity index (χ1n) is 9.22. The number of aromatic amines is 1. The van der Waals surface area contributed by atoms with E-state index in [0.29, 0.717) is 18.9 Å². The van der Waals surface area contributed by atoms with Crippen molar-refractivity contribution >= 4 is 21.6 Å². The van der Waals surface area contributed by atoms with Crippen molar-refractivity contribution in [2.24, 2.45) is 0 Å². The lowest BCUT2D eigenvalue weighted by Gasteiger charge is -2.29. The Labute approximate surface area is 155 Å². The van der Waals surface area contributed by atoms with Crippen molar-refractivity contribution < 1.29 is 5.11 Å². The third-order valence-corrected chi connectivity index (χ3v) is 6.70. The number of nitrogens with one attached hydrogen (secondary N) is 1. The lowest BCUT2D eigenvalue weighted by molar-refractivity contribution is 0.0655. The summed E-state index contributed by atoms with van der Waals surface area (Å²) in [5, 5.41) is 9.87. The van der Waals surface area contributed by atoms with Gasteiger partial charge in [0.15, 0.2) is 0 Å². The molecule has 1 aliphatic heterocycles. The monoisotopic (exact) mass is 367 g/mol. The van der Waals surface area contributed by atoms with Crippen LogP contribution in [0.3, 0.4) is 0 Å². The molecule has 0 saturated carbocycles. The number of likely N-dealkylation sites (tertiary alicyclic amines) is 1. The standard InChI is InChI=1S/C20H21N3O2S/c24-13-5-3-9-23(10-13)11-16-21-17-15-8-7-12-4-1-2-6-14(12)18(15)26-19(17)20(25)22-16/h1-2,4,6,13,24H,3,5,7-11H2,(H,21,22,25). The maximum atomic E-state index is 12.7. The highest BCUT2D eigenvalue weighted by atomic mass is 32.1. The van der Waals surface area contributed by atoms with Crippen molar-refractivity contribution in [3.8, 4) is 10.4 Å². The van der Waals surface area contributed by atoms with Gasteiger partial charge in [-0.2, -0.15) is 0 Å². The number of aliphatic hydroxyl groups excluding tert-OH is 1. The summed E-state index contributed by atoms with van der Waals surface area (Å²) < 4.78 is 0.731. The van der Waals surface area contributed by atoms with Crippen LogP contribution in [0.25, 0.3) is 20.7 Å². The molecule has 5 nitrogen and oxygen atoms in total. The number of aliphatic hydroxyl groups is 1. The molecule has 3 aromatic rings. The number of hydrogen-bond donors (Lipinski definition) is 2. The van der Waals surface area contributed by atoms with Gasteiger partial charge in [0.1, 0.15) is 10.5 Å². The number of benzene rings is 1. The van der Waals surface area contributed by atoms with Crippen LogP contribution in [0.2, 0.25) is 0 Å². The van der Waals surface area contributed by atoms with E-state index >= 15 is 0 Å². The first-order chi connectivity index (χ1) is 12.7. The van der Waals surface area contributed by atoms with E-state index in [-0.39, 0.29) is 11.7 Å². The number of H-pyrrole nitrogens is 1. The molecule has 2 aliphatic rings. The number of β-amino-alcohol motifs (C(OH)–C–C–N with tert-alkyl or cyclic N) is 1. The van der Waals surface area contributed by atoms with Gasteiger partial charge in [-0.05, 0) is 48.9 Å². The maximum Gasteiger partial charge on any atom is 0.268 e. The predicted octanol–water partition coefficient (Wildman–Crippen LogP) is 2.71. The number of thiophene rings is 1. The number of aryl methyl sites for hydroxylation is 2. The second kappa shape index (κ2) is 6.30.